The van der Waals surface area contributed by atoms with Crippen LogP contribution in [-0.2, 0) is 22.6 Å². The summed E-state index contributed by atoms with van der Waals surface area (Å²) in [5, 5.41) is 15.6. The van der Waals surface area contributed by atoms with Crippen LogP contribution in [-0.4, -0.2) is 34.9 Å². The molecule has 0 bridgehead atoms. The highest BCUT2D eigenvalue weighted by Crippen LogP contribution is 2.20. The van der Waals surface area contributed by atoms with Crippen molar-refractivity contribution >= 4 is 6.09 Å². The molecule has 1 aliphatic heterocycles. The minimum Gasteiger partial charge on any atom is -0.445 e. The van der Waals surface area contributed by atoms with E-state index in [1.54, 1.807) is 5.01 Å². The molecular formula is C24H31N3O4. The van der Waals surface area contributed by atoms with Crippen molar-refractivity contribution in [2.24, 2.45) is 5.92 Å². The van der Waals surface area contributed by atoms with E-state index < -0.39 is 18.2 Å². The van der Waals surface area contributed by atoms with Gasteiger partial charge in [0.15, 0.2) is 0 Å². The normalized spacial score (nSPS) is 15.2. The van der Waals surface area contributed by atoms with Crippen LogP contribution in [0.5, 0.6) is 0 Å². The van der Waals surface area contributed by atoms with Crippen molar-refractivity contribution in [3.8, 4) is 0 Å². The SMILES string of the molecule is CC(C)C(NC(=O)OCc1ccccc1)C(O)C1=CONN1CCCc1ccccc1. The first kappa shape index (κ1) is 22.7. The van der Waals surface area contributed by atoms with Crippen LogP contribution in [0.25, 0.3) is 0 Å². The molecule has 2 atom stereocenters. The average Bonchev–Trinajstić information content (AvgIpc) is 3.25. The van der Waals surface area contributed by atoms with Crippen LogP contribution >= 0.6 is 0 Å². The highest BCUT2D eigenvalue weighted by molar-refractivity contribution is 5.67. The van der Waals surface area contributed by atoms with Gasteiger partial charge in [0, 0.05) is 6.54 Å². The number of amides is 1. The highest BCUT2D eigenvalue weighted by Gasteiger charge is 2.33. The topological polar surface area (TPSA) is 83.1 Å². The van der Waals surface area contributed by atoms with Crippen molar-refractivity contribution in [1.82, 2.24) is 15.9 Å². The number of ether oxygens (including phenoxy) is 1. The molecule has 0 aliphatic carbocycles. The molecular weight excluding hydrogens is 394 g/mol. The average molecular weight is 426 g/mol. The van der Waals surface area contributed by atoms with E-state index in [4.69, 9.17) is 9.57 Å². The standard InChI is InChI=1S/C24H31N3O4/c1-18(2)22(25-24(29)30-16-20-12-7-4-8-13-20)23(28)21-17-31-26-27(21)15-9-14-19-10-5-3-6-11-19/h3-8,10-13,17-18,22-23,26,28H,9,14-16H2,1-2H3,(H,25,29). The Balaban J connectivity index is 1.52. The second kappa shape index (κ2) is 11.4. The Morgan fingerprint density at radius 3 is 2.39 bits per heavy atom. The molecule has 2 aromatic carbocycles. The Labute approximate surface area is 183 Å². The van der Waals surface area contributed by atoms with Crippen molar-refractivity contribution in [2.75, 3.05) is 6.54 Å². The van der Waals surface area contributed by atoms with Crippen molar-refractivity contribution in [2.45, 2.75) is 45.4 Å². The maximum atomic E-state index is 12.3. The number of nitrogens with zero attached hydrogens (tertiary/aromatic N) is 1. The molecule has 2 aromatic rings. The summed E-state index contributed by atoms with van der Waals surface area (Å²) < 4.78 is 5.32. The number of alkyl carbamates (subject to hydrolysis) is 1. The van der Waals surface area contributed by atoms with Gasteiger partial charge < -0.3 is 20.0 Å². The molecule has 0 radical (unpaired) electrons. The monoisotopic (exact) mass is 425 g/mol. The molecule has 3 N–H and O–H groups in total. The van der Waals surface area contributed by atoms with Crippen LogP contribution in [0.15, 0.2) is 72.6 Å². The van der Waals surface area contributed by atoms with Gasteiger partial charge in [-0.15, -0.1) is 0 Å². The second-order valence-electron chi connectivity index (χ2n) is 7.91. The molecule has 7 heteroatoms. The quantitative estimate of drug-likeness (QED) is 0.540. The van der Waals surface area contributed by atoms with Gasteiger partial charge in [-0.05, 0) is 29.9 Å². The fraction of sp³-hybridized carbons (Fsp3) is 0.375. The number of hydrogen-bond donors (Lipinski definition) is 3. The number of aliphatic hydroxyl groups excluding tert-OH is 1. The molecule has 0 fully saturated rings. The van der Waals surface area contributed by atoms with Gasteiger partial charge in [0.2, 0.25) is 0 Å². The van der Waals surface area contributed by atoms with Crippen molar-refractivity contribution < 1.29 is 19.5 Å². The molecule has 1 aliphatic rings. The van der Waals surface area contributed by atoms with Gasteiger partial charge in [-0.25, -0.2) is 4.79 Å². The van der Waals surface area contributed by atoms with Gasteiger partial charge in [-0.2, -0.15) is 0 Å². The third-order valence-electron chi connectivity index (χ3n) is 5.20. The van der Waals surface area contributed by atoms with E-state index in [9.17, 15) is 9.90 Å². The second-order valence-corrected chi connectivity index (χ2v) is 7.91. The predicted molar refractivity (Wildman–Crippen MR) is 118 cm³/mol. The fourth-order valence-corrected chi connectivity index (χ4v) is 3.45. The lowest BCUT2D eigenvalue weighted by molar-refractivity contribution is 0.0145. The van der Waals surface area contributed by atoms with Crippen molar-refractivity contribution in [3.63, 3.8) is 0 Å². The number of hydrogen-bond acceptors (Lipinski definition) is 6. The summed E-state index contributed by atoms with van der Waals surface area (Å²) in [5.74, 6) is -0.0213. The Morgan fingerprint density at radius 2 is 1.74 bits per heavy atom. The van der Waals surface area contributed by atoms with Gasteiger partial charge >= 0.3 is 6.09 Å². The molecule has 0 saturated carbocycles. The number of nitrogens with one attached hydrogen (secondary N) is 2. The largest absolute Gasteiger partial charge is 0.445 e. The summed E-state index contributed by atoms with van der Waals surface area (Å²) in [4.78, 5) is 17.6. The van der Waals surface area contributed by atoms with Crippen LogP contribution in [0.3, 0.4) is 0 Å². The minimum absolute atomic E-state index is 0.0213. The Kier molecular flexibility index (Phi) is 8.32. The molecule has 7 nitrogen and oxygen atoms in total. The number of carbonyl (C=O) groups excluding carboxylic acids is 1. The lowest BCUT2D eigenvalue weighted by Crippen LogP contribution is -2.50. The summed E-state index contributed by atoms with van der Waals surface area (Å²) in [6, 6.07) is 19.2. The summed E-state index contributed by atoms with van der Waals surface area (Å²) in [7, 11) is 0. The number of carbonyl (C=O) groups is 1. The minimum atomic E-state index is -0.948. The van der Waals surface area contributed by atoms with Crippen LogP contribution in [0.4, 0.5) is 4.79 Å². The van der Waals surface area contributed by atoms with E-state index in [1.165, 1.54) is 11.8 Å². The van der Waals surface area contributed by atoms with E-state index in [-0.39, 0.29) is 12.5 Å². The van der Waals surface area contributed by atoms with E-state index >= 15 is 0 Å². The van der Waals surface area contributed by atoms with Crippen LogP contribution in [0.1, 0.15) is 31.4 Å². The summed E-state index contributed by atoms with van der Waals surface area (Å²) in [6.07, 6.45) is 1.77. The molecule has 1 amide bonds. The summed E-state index contributed by atoms with van der Waals surface area (Å²) >= 11 is 0. The summed E-state index contributed by atoms with van der Waals surface area (Å²) in [5.41, 5.74) is 5.55. The zero-order valence-electron chi connectivity index (χ0n) is 18.0. The third kappa shape index (κ3) is 6.73. The molecule has 0 aromatic heterocycles. The molecule has 0 spiro atoms. The molecule has 1 heterocycles. The molecule has 166 valence electrons. The van der Waals surface area contributed by atoms with Crippen molar-refractivity contribution in [3.05, 3.63) is 83.7 Å². The van der Waals surface area contributed by atoms with Crippen LogP contribution in [0.2, 0.25) is 0 Å². The van der Waals surface area contributed by atoms with E-state index in [0.717, 1.165) is 18.4 Å². The maximum absolute atomic E-state index is 12.3. The number of hydrazine groups is 1. The van der Waals surface area contributed by atoms with Gasteiger partial charge in [-0.1, -0.05) is 80.1 Å². The van der Waals surface area contributed by atoms with Crippen molar-refractivity contribution in [1.29, 1.82) is 0 Å². The van der Waals surface area contributed by atoms with Gasteiger partial charge in [-0.3, -0.25) is 5.01 Å². The van der Waals surface area contributed by atoms with E-state index in [2.05, 4.69) is 23.0 Å². The smallest absolute Gasteiger partial charge is 0.407 e. The highest BCUT2D eigenvalue weighted by atomic mass is 16.7. The molecule has 2 unspecified atom stereocenters. The maximum Gasteiger partial charge on any atom is 0.407 e. The van der Waals surface area contributed by atoms with E-state index in [0.29, 0.717) is 12.2 Å². The molecule has 31 heavy (non-hydrogen) atoms. The Hall–Kier alpha value is -3.03. The third-order valence-corrected chi connectivity index (χ3v) is 5.20. The lowest BCUT2D eigenvalue weighted by atomic mass is 9.96. The number of aliphatic hydroxyl groups is 1. The van der Waals surface area contributed by atoms with Gasteiger partial charge in [0.05, 0.1) is 6.04 Å². The Bertz CT molecular complexity index is 842. The first-order valence-electron chi connectivity index (χ1n) is 10.6. The first-order chi connectivity index (χ1) is 15.0. The molecule has 0 saturated heterocycles. The van der Waals surface area contributed by atoms with E-state index in [1.807, 2.05) is 62.4 Å². The van der Waals surface area contributed by atoms with Crippen LogP contribution in [0, 0.1) is 5.92 Å². The zero-order valence-corrected chi connectivity index (χ0v) is 18.0. The molecule has 3 rings (SSSR count). The summed E-state index contributed by atoms with van der Waals surface area (Å²) in [6.45, 7) is 4.71. The first-order valence-corrected chi connectivity index (χ1v) is 10.6. The fourth-order valence-electron chi connectivity index (χ4n) is 3.45. The lowest BCUT2D eigenvalue weighted by Gasteiger charge is -2.30. The van der Waals surface area contributed by atoms with Gasteiger partial charge in [0.25, 0.3) is 0 Å². The number of benzene rings is 2. The number of aryl methyl sites for hydroxylation is 1. The zero-order chi connectivity index (χ0) is 22.1. The van der Waals surface area contributed by atoms with Crippen LogP contribution < -0.4 is 10.9 Å². The van der Waals surface area contributed by atoms with Gasteiger partial charge in [0.1, 0.15) is 24.7 Å². The number of rotatable bonds is 10. The Morgan fingerprint density at radius 1 is 1.10 bits per heavy atom. The predicted octanol–water partition coefficient (Wildman–Crippen LogP) is 3.52.